The van der Waals surface area contributed by atoms with E-state index >= 15 is 0 Å². The summed E-state index contributed by atoms with van der Waals surface area (Å²) in [6, 6.07) is 10.2. The number of hydrogen-bond donors (Lipinski definition) is 1. The van der Waals surface area contributed by atoms with Crippen LogP contribution in [0.5, 0.6) is 0 Å². The molecule has 0 saturated carbocycles. The summed E-state index contributed by atoms with van der Waals surface area (Å²) in [6.07, 6.45) is 5.67. The van der Waals surface area contributed by atoms with Gasteiger partial charge in [0.25, 0.3) is 0 Å². The average molecular weight is 264 g/mol. The fourth-order valence-corrected chi connectivity index (χ4v) is 2.17. The monoisotopic (exact) mass is 264 g/mol. The van der Waals surface area contributed by atoms with Crippen LogP contribution in [0.25, 0.3) is 16.6 Å². The van der Waals surface area contributed by atoms with Crippen LogP contribution in [0.15, 0.2) is 55.4 Å². The third-order valence-electron chi connectivity index (χ3n) is 3.09. The fourth-order valence-electron chi connectivity index (χ4n) is 2.17. The average Bonchev–Trinajstić information content (AvgIpc) is 2.85. The normalized spacial score (nSPS) is 10.7. The molecule has 3 rings (SSSR count). The van der Waals surface area contributed by atoms with Crippen molar-refractivity contribution >= 4 is 16.9 Å². The molecule has 0 aliphatic rings. The smallest absolute Gasteiger partial charge is 0.208 e. The number of benzene rings is 1. The largest absolute Gasteiger partial charge is 0.352 e. The molecule has 0 radical (unpaired) electrons. The summed E-state index contributed by atoms with van der Waals surface area (Å²) >= 11 is 0. The van der Waals surface area contributed by atoms with E-state index in [1.165, 1.54) is 0 Å². The Bertz CT molecular complexity index is 758. The number of nitrogens with zero attached hydrogens (tertiary/aromatic N) is 3. The Morgan fingerprint density at radius 1 is 1.35 bits per heavy atom. The molecule has 4 nitrogen and oxygen atoms in total. The Labute approximate surface area is 117 Å². The highest BCUT2D eigenvalue weighted by molar-refractivity contribution is 5.80. The third-order valence-corrected chi connectivity index (χ3v) is 3.09. The predicted molar refractivity (Wildman–Crippen MR) is 82.3 cm³/mol. The molecule has 0 bridgehead atoms. The van der Waals surface area contributed by atoms with Crippen LogP contribution in [0.1, 0.15) is 5.69 Å². The molecule has 2 aromatic heterocycles. The summed E-state index contributed by atoms with van der Waals surface area (Å²) in [6.45, 7) is 6.37. The minimum absolute atomic E-state index is 0.678. The summed E-state index contributed by atoms with van der Waals surface area (Å²) < 4.78 is 2.01. The molecule has 1 aromatic carbocycles. The molecule has 0 atom stereocenters. The van der Waals surface area contributed by atoms with Gasteiger partial charge in [-0.3, -0.25) is 9.55 Å². The first-order valence-electron chi connectivity index (χ1n) is 6.54. The lowest BCUT2D eigenvalue weighted by atomic mass is 10.2. The molecule has 0 unspecified atom stereocenters. The van der Waals surface area contributed by atoms with E-state index in [9.17, 15) is 0 Å². The van der Waals surface area contributed by atoms with E-state index in [1.807, 2.05) is 48.2 Å². The summed E-state index contributed by atoms with van der Waals surface area (Å²) in [5, 5.41) is 4.35. The van der Waals surface area contributed by atoms with Crippen LogP contribution in [0.4, 0.5) is 5.95 Å². The van der Waals surface area contributed by atoms with Crippen LogP contribution in [0.3, 0.4) is 0 Å². The van der Waals surface area contributed by atoms with Crippen molar-refractivity contribution in [3.8, 4) is 5.69 Å². The van der Waals surface area contributed by atoms with Crippen molar-refractivity contribution in [2.75, 3.05) is 11.9 Å². The lowest BCUT2D eigenvalue weighted by Gasteiger charge is -2.09. The Hall–Kier alpha value is -2.62. The zero-order chi connectivity index (χ0) is 13.9. The van der Waals surface area contributed by atoms with Crippen molar-refractivity contribution in [3.63, 3.8) is 0 Å². The number of aryl methyl sites for hydroxylation is 1. The van der Waals surface area contributed by atoms with Gasteiger partial charge in [-0.25, -0.2) is 4.98 Å². The van der Waals surface area contributed by atoms with Gasteiger partial charge in [-0.1, -0.05) is 24.3 Å². The molecule has 20 heavy (non-hydrogen) atoms. The first-order chi connectivity index (χ1) is 9.78. The van der Waals surface area contributed by atoms with Gasteiger partial charge in [0.05, 0.1) is 23.1 Å². The third kappa shape index (κ3) is 2.28. The van der Waals surface area contributed by atoms with Gasteiger partial charge >= 0.3 is 0 Å². The van der Waals surface area contributed by atoms with Crippen LogP contribution in [-0.4, -0.2) is 21.1 Å². The first-order valence-corrected chi connectivity index (χ1v) is 6.54. The molecular weight excluding hydrogens is 248 g/mol. The van der Waals surface area contributed by atoms with Gasteiger partial charge in [0.2, 0.25) is 5.95 Å². The summed E-state index contributed by atoms with van der Waals surface area (Å²) in [4.78, 5) is 8.97. The molecule has 0 fully saturated rings. The van der Waals surface area contributed by atoms with Crippen LogP contribution in [0, 0.1) is 6.92 Å². The quantitative estimate of drug-likeness (QED) is 0.735. The van der Waals surface area contributed by atoms with E-state index in [-0.39, 0.29) is 0 Å². The molecule has 0 saturated heterocycles. The van der Waals surface area contributed by atoms with Crippen molar-refractivity contribution in [1.29, 1.82) is 0 Å². The number of fused-ring (bicyclic) bond motifs is 1. The summed E-state index contributed by atoms with van der Waals surface area (Å²) in [5.41, 5.74) is 2.95. The number of nitrogens with one attached hydrogen (secondary N) is 1. The van der Waals surface area contributed by atoms with Crippen molar-refractivity contribution < 1.29 is 0 Å². The van der Waals surface area contributed by atoms with E-state index in [0.717, 1.165) is 28.2 Å². The molecule has 3 aromatic rings. The molecule has 0 spiro atoms. The predicted octanol–water partition coefficient (Wildman–Crippen LogP) is 3.33. The lowest BCUT2D eigenvalue weighted by molar-refractivity contribution is 1.03. The van der Waals surface area contributed by atoms with Crippen LogP contribution < -0.4 is 5.32 Å². The maximum absolute atomic E-state index is 4.49. The minimum Gasteiger partial charge on any atom is -0.352 e. The number of hydrogen-bond acceptors (Lipinski definition) is 3. The highest BCUT2D eigenvalue weighted by Crippen LogP contribution is 2.20. The van der Waals surface area contributed by atoms with Gasteiger partial charge in [-0.15, -0.1) is 6.58 Å². The molecule has 4 heteroatoms. The maximum Gasteiger partial charge on any atom is 0.208 e. The summed E-state index contributed by atoms with van der Waals surface area (Å²) in [7, 11) is 0. The van der Waals surface area contributed by atoms with Crippen molar-refractivity contribution in [3.05, 3.63) is 61.1 Å². The zero-order valence-electron chi connectivity index (χ0n) is 11.4. The van der Waals surface area contributed by atoms with Crippen LogP contribution in [0.2, 0.25) is 0 Å². The number of aromatic nitrogens is 3. The SMILES string of the molecule is C=CCNc1nc(C)cn1-c1cnc2ccccc2c1. The van der Waals surface area contributed by atoms with E-state index < -0.39 is 0 Å². The van der Waals surface area contributed by atoms with Gasteiger partial charge in [-0.05, 0) is 19.1 Å². The van der Waals surface area contributed by atoms with E-state index in [4.69, 9.17) is 0 Å². The lowest BCUT2D eigenvalue weighted by Crippen LogP contribution is -2.05. The second kappa shape index (κ2) is 5.17. The Balaban J connectivity index is 2.07. The molecule has 100 valence electrons. The Kier molecular flexibility index (Phi) is 3.21. The van der Waals surface area contributed by atoms with Crippen molar-refractivity contribution in [2.24, 2.45) is 0 Å². The highest BCUT2D eigenvalue weighted by Gasteiger charge is 2.07. The Morgan fingerprint density at radius 2 is 2.20 bits per heavy atom. The van der Waals surface area contributed by atoms with Crippen molar-refractivity contribution in [2.45, 2.75) is 6.92 Å². The molecule has 1 N–H and O–H groups in total. The van der Waals surface area contributed by atoms with E-state index in [0.29, 0.717) is 6.54 Å². The Morgan fingerprint density at radius 3 is 3.05 bits per heavy atom. The second-order valence-electron chi connectivity index (χ2n) is 4.63. The molecule has 2 heterocycles. The van der Waals surface area contributed by atoms with Gasteiger partial charge in [0.15, 0.2) is 0 Å². The molecule has 0 aliphatic heterocycles. The van der Waals surface area contributed by atoms with Gasteiger partial charge in [0.1, 0.15) is 0 Å². The second-order valence-corrected chi connectivity index (χ2v) is 4.63. The topological polar surface area (TPSA) is 42.7 Å². The van der Waals surface area contributed by atoms with Crippen LogP contribution >= 0.6 is 0 Å². The highest BCUT2D eigenvalue weighted by atomic mass is 15.2. The number of para-hydroxylation sites is 1. The number of imidazole rings is 1. The van der Waals surface area contributed by atoms with Gasteiger partial charge < -0.3 is 5.32 Å². The zero-order valence-corrected chi connectivity index (χ0v) is 11.4. The minimum atomic E-state index is 0.678. The van der Waals surface area contributed by atoms with E-state index in [1.54, 1.807) is 0 Å². The standard InChI is InChI=1S/C16H16N4/c1-3-8-17-16-19-12(2)11-20(16)14-9-13-6-4-5-7-15(13)18-10-14/h3-7,9-11H,1,8H2,2H3,(H,17,19). The maximum atomic E-state index is 4.49. The summed E-state index contributed by atoms with van der Waals surface area (Å²) in [5.74, 6) is 0.805. The van der Waals surface area contributed by atoms with E-state index in [2.05, 4.69) is 34.0 Å². The molecule has 0 amide bonds. The number of pyridine rings is 1. The fraction of sp³-hybridized carbons (Fsp3) is 0.125. The molecular formula is C16H16N4. The van der Waals surface area contributed by atoms with Gasteiger partial charge in [-0.2, -0.15) is 0 Å². The first kappa shape index (κ1) is 12.4. The van der Waals surface area contributed by atoms with Crippen LogP contribution in [-0.2, 0) is 0 Å². The number of rotatable bonds is 4. The molecule has 0 aliphatic carbocycles. The van der Waals surface area contributed by atoms with Gasteiger partial charge in [0, 0.05) is 18.1 Å². The van der Waals surface area contributed by atoms with Crippen molar-refractivity contribution in [1.82, 2.24) is 14.5 Å². The number of anilines is 1.